The van der Waals surface area contributed by atoms with Crippen LogP contribution in [-0.4, -0.2) is 4.98 Å². The van der Waals surface area contributed by atoms with Gasteiger partial charge in [-0.1, -0.05) is 109 Å². The molecule has 0 aliphatic rings. The number of H-pyrrole nitrogens is 1. The maximum Gasteiger partial charge on any atom is 0.0465 e. The fraction of sp³-hybridized carbons (Fsp3) is 0. The van der Waals surface area contributed by atoms with Crippen molar-refractivity contribution in [3.05, 3.63) is 146 Å². The molecular weight excluding hydrogens is 470 g/mol. The Balaban J connectivity index is 1.11. The lowest BCUT2D eigenvalue weighted by atomic mass is 9.95. The number of rotatable bonds is 3. The summed E-state index contributed by atoms with van der Waals surface area (Å²) in [5.74, 6) is 0. The fourth-order valence-corrected chi connectivity index (χ4v) is 5.86. The van der Waals surface area contributed by atoms with Crippen LogP contribution in [0, 0.1) is 0 Å². The predicted molar refractivity (Wildman–Crippen MR) is 167 cm³/mol. The van der Waals surface area contributed by atoms with Gasteiger partial charge in [0.15, 0.2) is 0 Å². The highest BCUT2D eigenvalue weighted by molar-refractivity contribution is 6.08. The number of hydrogen-bond acceptors (Lipinski definition) is 0. The Morgan fingerprint density at radius 3 is 1.41 bits per heavy atom. The van der Waals surface area contributed by atoms with E-state index in [1.165, 1.54) is 76.7 Å². The molecule has 1 aromatic heterocycles. The predicted octanol–water partition coefficient (Wildman–Crippen LogP) is 10.6. The molecule has 0 aliphatic heterocycles. The van der Waals surface area contributed by atoms with E-state index in [0.29, 0.717) is 0 Å². The third-order valence-corrected chi connectivity index (χ3v) is 7.98. The fourth-order valence-electron chi connectivity index (χ4n) is 5.86. The quantitative estimate of drug-likeness (QED) is 0.251. The minimum atomic E-state index is 1.18. The molecule has 0 saturated heterocycles. The van der Waals surface area contributed by atoms with Gasteiger partial charge in [0.05, 0.1) is 0 Å². The summed E-state index contributed by atoms with van der Waals surface area (Å²) in [5.41, 5.74) is 9.79. The van der Waals surface area contributed by atoms with E-state index in [9.17, 15) is 0 Å². The van der Waals surface area contributed by atoms with Gasteiger partial charge in [0.1, 0.15) is 0 Å². The third kappa shape index (κ3) is 3.79. The van der Waals surface area contributed by atoms with Crippen LogP contribution < -0.4 is 0 Å². The molecule has 1 heteroatoms. The van der Waals surface area contributed by atoms with Crippen molar-refractivity contribution < 1.29 is 0 Å². The molecule has 0 bridgehead atoms. The maximum absolute atomic E-state index is 3.52. The van der Waals surface area contributed by atoms with Gasteiger partial charge in [0, 0.05) is 21.8 Å². The van der Waals surface area contributed by atoms with E-state index in [0.717, 1.165) is 0 Å². The lowest BCUT2D eigenvalue weighted by Crippen LogP contribution is -1.83. The van der Waals surface area contributed by atoms with Crippen molar-refractivity contribution in [3.63, 3.8) is 0 Å². The van der Waals surface area contributed by atoms with Crippen LogP contribution in [0.2, 0.25) is 0 Å². The van der Waals surface area contributed by atoms with Crippen LogP contribution in [0.1, 0.15) is 0 Å². The molecule has 1 heterocycles. The van der Waals surface area contributed by atoms with E-state index in [1.54, 1.807) is 0 Å². The van der Waals surface area contributed by atoms with Crippen molar-refractivity contribution in [2.24, 2.45) is 0 Å². The Morgan fingerprint density at radius 1 is 0.282 bits per heavy atom. The van der Waals surface area contributed by atoms with E-state index < -0.39 is 0 Å². The smallest absolute Gasteiger partial charge is 0.0465 e. The van der Waals surface area contributed by atoms with Crippen LogP contribution in [0.4, 0.5) is 0 Å². The summed E-state index contributed by atoms with van der Waals surface area (Å²) in [4.78, 5) is 3.52. The molecule has 8 aromatic rings. The summed E-state index contributed by atoms with van der Waals surface area (Å²) >= 11 is 0. The van der Waals surface area contributed by atoms with Crippen molar-refractivity contribution >= 4 is 43.4 Å². The minimum Gasteiger partial charge on any atom is -0.355 e. The summed E-state index contributed by atoms with van der Waals surface area (Å²) in [6, 6.07) is 52.9. The van der Waals surface area contributed by atoms with Gasteiger partial charge in [-0.2, -0.15) is 0 Å². The summed E-state index contributed by atoms with van der Waals surface area (Å²) in [6.07, 6.45) is 0. The number of nitrogens with one attached hydrogen (secondary N) is 1. The third-order valence-electron chi connectivity index (χ3n) is 7.98. The van der Waals surface area contributed by atoms with Gasteiger partial charge < -0.3 is 4.98 Å². The molecule has 0 fully saturated rings. The molecule has 0 atom stereocenters. The van der Waals surface area contributed by atoms with Gasteiger partial charge in [-0.15, -0.1) is 0 Å². The largest absolute Gasteiger partial charge is 0.355 e. The summed E-state index contributed by atoms with van der Waals surface area (Å²) < 4.78 is 0. The number of aromatic amines is 1. The summed E-state index contributed by atoms with van der Waals surface area (Å²) in [5, 5.41) is 7.60. The van der Waals surface area contributed by atoms with Gasteiger partial charge >= 0.3 is 0 Å². The second kappa shape index (κ2) is 8.72. The Bertz CT molecular complexity index is 2160. The lowest BCUT2D eigenvalue weighted by molar-refractivity contribution is 1.54. The average Bonchev–Trinajstić information content (AvgIpc) is 3.38. The van der Waals surface area contributed by atoms with E-state index in [-0.39, 0.29) is 0 Å². The van der Waals surface area contributed by atoms with Crippen LogP contribution in [0.25, 0.3) is 76.7 Å². The Hall–Kier alpha value is -5.14. The average molecular weight is 496 g/mol. The van der Waals surface area contributed by atoms with Gasteiger partial charge in [-0.25, -0.2) is 0 Å². The highest BCUT2D eigenvalue weighted by Crippen LogP contribution is 2.33. The monoisotopic (exact) mass is 495 g/mol. The van der Waals surface area contributed by atoms with Gasteiger partial charge in [-0.3, -0.25) is 0 Å². The van der Waals surface area contributed by atoms with Crippen molar-refractivity contribution in [1.82, 2.24) is 4.98 Å². The standard InChI is InChI=1S/C38H25N/c1-2-6-28-21-30(14-13-25(28)5-1)33-18-17-31-22-29(15-16-32(31)23-33)26-9-11-27(12-10-26)34-19-20-38-36(24-34)35-7-3-4-8-37(35)39-38/h1-24,39H. The highest BCUT2D eigenvalue weighted by Gasteiger charge is 2.08. The first kappa shape index (κ1) is 21.9. The molecule has 0 radical (unpaired) electrons. The molecule has 7 aromatic carbocycles. The van der Waals surface area contributed by atoms with Crippen molar-refractivity contribution in [1.29, 1.82) is 0 Å². The van der Waals surface area contributed by atoms with Gasteiger partial charge in [0.25, 0.3) is 0 Å². The second-order valence-corrected chi connectivity index (χ2v) is 10.3. The van der Waals surface area contributed by atoms with Crippen LogP contribution in [0.5, 0.6) is 0 Å². The van der Waals surface area contributed by atoms with E-state index in [2.05, 4.69) is 151 Å². The number of hydrogen-bond donors (Lipinski definition) is 1. The molecule has 1 nitrogen and oxygen atoms in total. The molecule has 1 N–H and O–H groups in total. The molecule has 8 rings (SSSR count). The molecule has 39 heavy (non-hydrogen) atoms. The SMILES string of the molecule is c1ccc2cc(-c3ccc4cc(-c5ccc(-c6ccc7[nH]c8ccccc8c7c6)cc5)ccc4c3)ccc2c1. The zero-order valence-corrected chi connectivity index (χ0v) is 21.4. The molecule has 182 valence electrons. The van der Waals surface area contributed by atoms with Gasteiger partial charge in [-0.05, 0) is 91.3 Å². The van der Waals surface area contributed by atoms with Gasteiger partial charge in [0.2, 0.25) is 0 Å². The molecule has 0 amide bonds. The summed E-state index contributed by atoms with van der Waals surface area (Å²) in [7, 11) is 0. The topological polar surface area (TPSA) is 15.8 Å². The minimum absolute atomic E-state index is 1.18. The Labute approximate surface area is 227 Å². The zero-order chi connectivity index (χ0) is 25.8. The van der Waals surface area contributed by atoms with Crippen LogP contribution in [0.3, 0.4) is 0 Å². The first-order valence-electron chi connectivity index (χ1n) is 13.4. The van der Waals surface area contributed by atoms with Crippen molar-refractivity contribution in [2.75, 3.05) is 0 Å². The highest BCUT2D eigenvalue weighted by atomic mass is 14.7. The molecule has 0 unspecified atom stereocenters. The normalized spacial score (nSPS) is 11.6. The molecule has 0 aliphatic carbocycles. The second-order valence-electron chi connectivity index (χ2n) is 10.3. The van der Waals surface area contributed by atoms with Crippen LogP contribution >= 0.6 is 0 Å². The van der Waals surface area contributed by atoms with E-state index in [1.807, 2.05) is 0 Å². The molecule has 0 saturated carbocycles. The van der Waals surface area contributed by atoms with Crippen LogP contribution in [-0.2, 0) is 0 Å². The summed E-state index contributed by atoms with van der Waals surface area (Å²) in [6.45, 7) is 0. The first-order chi connectivity index (χ1) is 19.3. The Kier molecular flexibility index (Phi) is 4.89. The van der Waals surface area contributed by atoms with Crippen molar-refractivity contribution in [2.45, 2.75) is 0 Å². The number of fused-ring (bicyclic) bond motifs is 5. The molecule has 0 spiro atoms. The van der Waals surface area contributed by atoms with Crippen LogP contribution in [0.15, 0.2) is 146 Å². The van der Waals surface area contributed by atoms with E-state index in [4.69, 9.17) is 0 Å². The number of aromatic nitrogens is 1. The Morgan fingerprint density at radius 2 is 0.718 bits per heavy atom. The molecular formula is C38H25N. The first-order valence-corrected chi connectivity index (χ1v) is 13.4. The number of benzene rings is 7. The van der Waals surface area contributed by atoms with Crippen molar-refractivity contribution in [3.8, 4) is 33.4 Å². The zero-order valence-electron chi connectivity index (χ0n) is 21.4. The lowest BCUT2D eigenvalue weighted by Gasteiger charge is -2.09. The number of para-hydroxylation sites is 1. The maximum atomic E-state index is 3.52. The van der Waals surface area contributed by atoms with E-state index >= 15 is 0 Å².